The average Bonchev–Trinajstić information content (AvgIpc) is 2.81. The highest BCUT2D eigenvalue weighted by atomic mass is 16.5. The molecule has 0 radical (unpaired) electrons. The quantitative estimate of drug-likeness (QED) is 0.822. The Bertz CT molecular complexity index is 417. The number of carbonyl (C=O) groups excluding carboxylic acids is 1. The van der Waals surface area contributed by atoms with Crippen molar-refractivity contribution in [2.24, 2.45) is 11.7 Å². The van der Waals surface area contributed by atoms with Crippen molar-refractivity contribution >= 4 is 5.91 Å². The van der Waals surface area contributed by atoms with Crippen LogP contribution in [0.4, 0.5) is 0 Å². The highest BCUT2D eigenvalue weighted by molar-refractivity contribution is 5.75. The van der Waals surface area contributed by atoms with E-state index in [0.717, 1.165) is 12.5 Å². The highest BCUT2D eigenvalue weighted by Crippen LogP contribution is 2.24. The van der Waals surface area contributed by atoms with Crippen LogP contribution in [0.15, 0.2) is 24.3 Å². The second-order valence-electron chi connectivity index (χ2n) is 5.39. The molecule has 4 nitrogen and oxygen atoms in total. The summed E-state index contributed by atoms with van der Waals surface area (Å²) in [4.78, 5) is 10.6. The van der Waals surface area contributed by atoms with Gasteiger partial charge in [-0.15, -0.1) is 0 Å². The zero-order valence-electron chi connectivity index (χ0n) is 11.4. The van der Waals surface area contributed by atoms with Crippen molar-refractivity contribution < 1.29 is 9.53 Å². The largest absolute Gasteiger partial charge is 0.484 e. The van der Waals surface area contributed by atoms with Crippen LogP contribution in [0, 0.1) is 5.92 Å². The SMILES string of the molecule is CC1CCC(NCc2ccc(OCC(N)=O)cc2)C1. The van der Waals surface area contributed by atoms with Gasteiger partial charge in [-0.05, 0) is 42.9 Å². The van der Waals surface area contributed by atoms with Gasteiger partial charge in [-0.2, -0.15) is 0 Å². The number of carbonyl (C=O) groups is 1. The topological polar surface area (TPSA) is 64.3 Å². The maximum absolute atomic E-state index is 10.6. The van der Waals surface area contributed by atoms with Gasteiger partial charge in [0.2, 0.25) is 0 Å². The van der Waals surface area contributed by atoms with Gasteiger partial charge >= 0.3 is 0 Å². The number of benzene rings is 1. The predicted molar refractivity (Wildman–Crippen MR) is 74.8 cm³/mol. The molecule has 0 bridgehead atoms. The third-order valence-corrected chi connectivity index (χ3v) is 3.59. The Morgan fingerprint density at radius 2 is 2.11 bits per heavy atom. The number of ether oxygens (including phenoxy) is 1. The molecule has 104 valence electrons. The summed E-state index contributed by atoms with van der Waals surface area (Å²) in [7, 11) is 0. The van der Waals surface area contributed by atoms with E-state index in [1.807, 2.05) is 24.3 Å². The number of primary amides is 1. The Balaban J connectivity index is 1.76. The lowest BCUT2D eigenvalue weighted by molar-refractivity contribution is -0.119. The fourth-order valence-electron chi connectivity index (χ4n) is 2.51. The van der Waals surface area contributed by atoms with Gasteiger partial charge < -0.3 is 15.8 Å². The molecule has 3 N–H and O–H groups in total. The van der Waals surface area contributed by atoms with Crippen LogP contribution in [0.2, 0.25) is 0 Å². The summed E-state index contributed by atoms with van der Waals surface area (Å²) < 4.78 is 5.22. The minimum atomic E-state index is -0.457. The lowest BCUT2D eigenvalue weighted by atomic mass is 10.1. The number of amides is 1. The van der Waals surface area contributed by atoms with E-state index in [-0.39, 0.29) is 6.61 Å². The first kappa shape index (κ1) is 13.9. The van der Waals surface area contributed by atoms with Crippen molar-refractivity contribution in [3.63, 3.8) is 0 Å². The Labute approximate surface area is 114 Å². The van der Waals surface area contributed by atoms with Gasteiger partial charge in [0.05, 0.1) is 0 Å². The summed E-state index contributed by atoms with van der Waals surface area (Å²) in [5, 5.41) is 3.58. The van der Waals surface area contributed by atoms with Crippen molar-refractivity contribution in [2.75, 3.05) is 6.61 Å². The van der Waals surface area contributed by atoms with Crippen LogP contribution in [0.25, 0.3) is 0 Å². The summed E-state index contributed by atoms with van der Waals surface area (Å²) in [6.45, 7) is 3.12. The van der Waals surface area contributed by atoms with Gasteiger partial charge in [0.1, 0.15) is 5.75 Å². The molecule has 1 aromatic carbocycles. The number of rotatable bonds is 6. The highest BCUT2D eigenvalue weighted by Gasteiger charge is 2.20. The van der Waals surface area contributed by atoms with Crippen LogP contribution in [-0.4, -0.2) is 18.6 Å². The van der Waals surface area contributed by atoms with Crippen molar-refractivity contribution in [3.8, 4) is 5.75 Å². The zero-order chi connectivity index (χ0) is 13.7. The Hall–Kier alpha value is -1.55. The number of hydrogen-bond acceptors (Lipinski definition) is 3. The Morgan fingerprint density at radius 3 is 2.68 bits per heavy atom. The lowest BCUT2D eigenvalue weighted by Gasteiger charge is -2.12. The normalized spacial score (nSPS) is 22.4. The summed E-state index contributed by atoms with van der Waals surface area (Å²) >= 11 is 0. The fourth-order valence-corrected chi connectivity index (χ4v) is 2.51. The van der Waals surface area contributed by atoms with Crippen LogP contribution in [-0.2, 0) is 11.3 Å². The van der Waals surface area contributed by atoms with E-state index in [1.165, 1.54) is 24.8 Å². The molecule has 1 amide bonds. The second-order valence-corrected chi connectivity index (χ2v) is 5.39. The number of nitrogens with two attached hydrogens (primary N) is 1. The van der Waals surface area contributed by atoms with Crippen LogP contribution in [0.1, 0.15) is 31.7 Å². The van der Waals surface area contributed by atoms with E-state index in [1.54, 1.807) is 0 Å². The van der Waals surface area contributed by atoms with Gasteiger partial charge in [0.25, 0.3) is 5.91 Å². The Kier molecular flexibility index (Phi) is 4.80. The molecule has 1 saturated carbocycles. The minimum Gasteiger partial charge on any atom is -0.484 e. The first-order valence-corrected chi connectivity index (χ1v) is 6.87. The maximum Gasteiger partial charge on any atom is 0.255 e. The van der Waals surface area contributed by atoms with Crippen LogP contribution >= 0.6 is 0 Å². The molecule has 1 aliphatic rings. The molecule has 0 aliphatic heterocycles. The molecule has 2 unspecified atom stereocenters. The maximum atomic E-state index is 10.6. The van der Waals surface area contributed by atoms with Crippen LogP contribution in [0.5, 0.6) is 5.75 Å². The van der Waals surface area contributed by atoms with Crippen molar-refractivity contribution in [1.82, 2.24) is 5.32 Å². The second kappa shape index (κ2) is 6.57. The molecular formula is C15H22N2O2. The molecule has 0 spiro atoms. The van der Waals surface area contributed by atoms with Crippen molar-refractivity contribution in [1.29, 1.82) is 0 Å². The summed E-state index contributed by atoms with van der Waals surface area (Å²) in [5.74, 6) is 1.07. The molecule has 2 atom stereocenters. The van der Waals surface area contributed by atoms with Crippen molar-refractivity contribution in [2.45, 2.75) is 38.8 Å². The van der Waals surface area contributed by atoms with Gasteiger partial charge in [-0.25, -0.2) is 0 Å². The average molecular weight is 262 g/mol. The summed E-state index contributed by atoms with van der Waals surface area (Å²) in [6, 6.07) is 8.43. The monoisotopic (exact) mass is 262 g/mol. The van der Waals surface area contributed by atoms with Gasteiger partial charge in [0, 0.05) is 12.6 Å². The van der Waals surface area contributed by atoms with E-state index in [4.69, 9.17) is 10.5 Å². The molecule has 2 rings (SSSR count). The van der Waals surface area contributed by atoms with Gasteiger partial charge in [-0.1, -0.05) is 19.1 Å². The van der Waals surface area contributed by atoms with E-state index in [9.17, 15) is 4.79 Å². The molecule has 4 heteroatoms. The number of nitrogens with one attached hydrogen (secondary N) is 1. The van der Waals surface area contributed by atoms with E-state index in [0.29, 0.717) is 11.8 Å². The number of hydrogen-bond donors (Lipinski definition) is 2. The van der Waals surface area contributed by atoms with E-state index < -0.39 is 5.91 Å². The molecule has 1 fully saturated rings. The molecule has 0 heterocycles. The van der Waals surface area contributed by atoms with Crippen molar-refractivity contribution in [3.05, 3.63) is 29.8 Å². The smallest absolute Gasteiger partial charge is 0.255 e. The zero-order valence-corrected chi connectivity index (χ0v) is 11.4. The summed E-state index contributed by atoms with van der Waals surface area (Å²) in [5.41, 5.74) is 6.25. The van der Waals surface area contributed by atoms with E-state index in [2.05, 4.69) is 12.2 Å². The first-order valence-electron chi connectivity index (χ1n) is 6.87. The fraction of sp³-hybridized carbons (Fsp3) is 0.533. The molecule has 0 aromatic heterocycles. The molecule has 19 heavy (non-hydrogen) atoms. The Morgan fingerprint density at radius 1 is 1.37 bits per heavy atom. The third kappa shape index (κ3) is 4.56. The third-order valence-electron chi connectivity index (χ3n) is 3.59. The van der Waals surface area contributed by atoms with Crippen LogP contribution in [0.3, 0.4) is 0 Å². The molecule has 1 aliphatic carbocycles. The first-order chi connectivity index (χ1) is 9.13. The lowest BCUT2D eigenvalue weighted by Crippen LogP contribution is -2.25. The minimum absolute atomic E-state index is 0.0719. The molecular weight excluding hydrogens is 240 g/mol. The van der Waals surface area contributed by atoms with Gasteiger partial charge in [0.15, 0.2) is 6.61 Å². The standard InChI is InChI=1S/C15H22N2O2/c1-11-2-5-13(8-11)17-9-12-3-6-14(7-4-12)19-10-15(16)18/h3-4,6-7,11,13,17H,2,5,8-10H2,1H3,(H2,16,18). The predicted octanol–water partition coefficient (Wildman–Crippen LogP) is 1.83. The summed E-state index contributed by atoms with van der Waals surface area (Å²) in [6.07, 6.45) is 3.89. The molecule has 0 saturated heterocycles. The molecule has 1 aromatic rings. The van der Waals surface area contributed by atoms with Gasteiger partial charge in [-0.3, -0.25) is 4.79 Å². The van der Waals surface area contributed by atoms with Crippen LogP contribution < -0.4 is 15.8 Å². The van der Waals surface area contributed by atoms with E-state index >= 15 is 0 Å².